The molecule has 0 saturated carbocycles. The first-order valence-electron chi connectivity index (χ1n) is 4.02. The molecule has 5 heteroatoms. The van der Waals surface area contributed by atoms with E-state index in [1.807, 2.05) is 0 Å². The van der Waals surface area contributed by atoms with Crippen LogP contribution in [0.15, 0.2) is 11.4 Å². The van der Waals surface area contributed by atoms with Gasteiger partial charge in [-0.1, -0.05) is 18.5 Å². The molecule has 13 heavy (non-hydrogen) atoms. The summed E-state index contributed by atoms with van der Waals surface area (Å²) in [4.78, 5) is 7.85. The quantitative estimate of drug-likeness (QED) is 0.621. The molecule has 0 aromatic carbocycles. The van der Waals surface area contributed by atoms with Crippen LogP contribution in [0.3, 0.4) is 0 Å². The Bertz CT molecular complexity index is 283. The van der Waals surface area contributed by atoms with Crippen LogP contribution in [0.25, 0.3) is 0 Å². The van der Waals surface area contributed by atoms with Gasteiger partial charge in [0.15, 0.2) is 0 Å². The summed E-state index contributed by atoms with van der Waals surface area (Å²) in [7, 11) is 0. The fraction of sp³-hybridized carbons (Fsp3) is 0.500. The van der Waals surface area contributed by atoms with Crippen LogP contribution in [0.4, 0.5) is 0 Å². The number of halogens is 1. The topological polar surface area (TPSA) is 46.0 Å². The minimum absolute atomic E-state index is 0.105. The molecule has 0 aliphatic carbocycles. The monoisotopic (exact) mass is 218 g/mol. The maximum Gasteiger partial charge on any atom is 0.139 e. The molecule has 0 bridgehead atoms. The van der Waals surface area contributed by atoms with Crippen LogP contribution >= 0.6 is 23.4 Å². The van der Waals surface area contributed by atoms with Crippen LogP contribution in [-0.4, -0.2) is 20.8 Å². The van der Waals surface area contributed by atoms with E-state index in [1.165, 1.54) is 6.33 Å². The first-order valence-corrected chi connectivity index (χ1v) is 5.39. The van der Waals surface area contributed by atoms with Crippen molar-refractivity contribution in [2.75, 3.05) is 5.75 Å². The van der Waals surface area contributed by atoms with Gasteiger partial charge in [-0.05, 0) is 12.2 Å². The van der Waals surface area contributed by atoms with Gasteiger partial charge in [0, 0.05) is 5.56 Å². The average Bonchev–Trinajstić information content (AvgIpc) is 2.15. The molecular formula is C8H11ClN2OS. The Labute approximate surface area is 86.6 Å². The Balaban J connectivity index is 2.85. The first-order chi connectivity index (χ1) is 6.29. The van der Waals surface area contributed by atoms with Gasteiger partial charge in [-0.3, -0.25) is 0 Å². The molecule has 0 aliphatic heterocycles. The van der Waals surface area contributed by atoms with Crippen molar-refractivity contribution in [2.45, 2.75) is 25.0 Å². The minimum Gasteiger partial charge on any atom is -0.391 e. The van der Waals surface area contributed by atoms with Crippen molar-refractivity contribution < 1.29 is 5.11 Å². The summed E-state index contributed by atoms with van der Waals surface area (Å²) in [6.07, 6.45) is 2.48. The van der Waals surface area contributed by atoms with Crippen molar-refractivity contribution in [3.63, 3.8) is 0 Å². The second-order valence-electron chi connectivity index (χ2n) is 2.45. The van der Waals surface area contributed by atoms with E-state index in [4.69, 9.17) is 16.7 Å². The second kappa shape index (κ2) is 5.42. The average molecular weight is 219 g/mol. The van der Waals surface area contributed by atoms with Crippen molar-refractivity contribution in [2.24, 2.45) is 0 Å². The van der Waals surface area contributed by atoms with Crippen molar-refractivity contribution >= 4 is 23.4 Å². The van der Waals surface area contributed by atoms with Crippen LogP contribution in [0.1, 0.15) is 18.9 Å². The number of aliphatic hydroxyl groups excluding tert-OH is 1. The fourth-order valence-electron chi connectivity index (χ4n) is 0.832. The van der Waals surface area contributed by atoms with Gasteiger partial charge in [0.1, 0.15) is 16.5 Å². The molecule has 1 aromatic heterocycles. The summed E-state index contributed by atoms with van der Waals surface area (Å²) >= 11 is 7.37. The summed E-state index contributed by atoms with van der Waals surface area (Å²) in [5, 5.41) is 10.1. The summed E-state index contributed by atoms with van der Waals surface area (Å²) in [6.45, 7) is 1.99. The maximum atomic E-state index is 9.02. The highest BCUT2D eigenvalue weighted by atomic mass is 35.5. The highest BCUT2D eigenvalue weighted by Crippen LogP contribution is 2.24. The van der Waals surface area contributed by atoms with Crippen molar-refractivity contribution in [3.8, 4) is 0 Å². The Morgan fingerprint density at radius 3 is 2.92 bits per heavy atom. The van der Waals surface area contributed by atoms with Gasteiger partial charge in [-0.25, -0.2) is 9.97 Å². The molecule has 0 spiro atoms. The molecule has 0 atom stereocenters. The number of thioether (sulfide) groups is 1. The van der Waals surface area contributed by atoms with E-state index in [2.05, 4.69) is 16.9 Å². The van der Waals surface area contributed by atoms with Crippen molar-refractivity contribution in [1.82, 2.24) is 9.97 Å². The molecule has 1 heterocycles. The van der Waals surface area contributed by atoms with Gasteiger partial charge in [0.25, 0.3) is 0 Å². The Morgan fingerprint density at radius 1 is 1.54 bits per heavy atom. The Hall–Kier alpha value is -0.320. The predicted molar refractivity (Wildman–Crippen MR) is 54.0 cm³/mol. The van der Waals surface area contributed by atoms with Gasteiger partial charge in [0.05, 0.1) is 6.61 Å². The van der Waals surface area contributed by atoms with Gasteiger partial charge in [-0.2, -0.15) is 0 Å². The highest BCUT2D eigenvalue weighted by molar-refractivity contribution is 7.99. The number of hydrogen-bond donors (Lipinski definition) is 1. The van der Waals surface area contributed by atoms with Gasteiger partial charge in [-0.15, -0.1) is 11.8 Å². The maximum absolute atomic E-state index is 9.02. The summed E-state index contributed by atoms with van der Waals surface area (Å²) in [6, 6.07) is 0. The van der Waals surface area contributed by atoms with Gasteiger partial charge < -0.3 is 5.11 Å². The van der Waals surface area contributed by atoms with E-state index in [0.717, 1.165) is 17.2 Å². The van der Waals surface area contributed by atoms with Crippen LogP contribution < -0.4 is 0 Å². The van der Waals surface area contributed by atoms with E-state index in [1.54, 1.807) is 11.8 Å². The number of aromatic nitrogens is 2. The predicted octanol–water partition coefficient (Wildman–Crippen LogP) is 2.12. The molecule has 3 nitrogen and oxygen atoms in total. The smallest absolute Gasteiger partial charge is 0.139 e. The van der Waals surface area contributed by atoms with Crippen molar-refractivity contribution in [1.29, 1.82) is 0 Å². The van der Waals surface area contributed by atoms with Gasteiger partial charge in [0.2, 0.25) is 0 Å². The zero-order valence-corrected chi connectivity index (χ0v) is 8.90. The highest BCUT2D eigenvalue weighted by Gasteiger charge is 2.08. The summed E-state index contributed by atoms with van der Waals surface area (Å²) in [5.74, 6) is 0.973. The lowest BCUT2D eigenvalue weighted by molar-refractivity contribution is 0.277. The minimum atomic E-state index is -0.105. The van der Waals surface area contributed by atoms with E-state index in [0.29, 0.717) is 10.7 Å². The molecule has 0 fully saturated rings. The third-order valence-corrected chi connectivity index (χ3v) is 3.02. The normalized spacial score (nSPS) is 10.4. The third kappa shape index (κ3) is 2.83. The summed E-state index contributed by atoms with van der Waals surface area (Å²) < 4.78 is 0. The summed E-state index contributed by atoms with van der Waals surface area (Å²) in [5.41, 5.74) is 0.627. The molecule has 0 aliphatic rings. The molecule has 1 aromatic rings. The Morgan fingerprint density at radius 2 is 2.31 bits per heavy atom. The third-order valence-electron chi connectivity index (χ3n) is 1.45. The van der Waals surface area contributed by atoms with Crippen LogP contribution in [0.2, 0.25) is 5.15 Å². The van der Waals surface area contributed by atoms with Gasteiger partial charge >= 0.3 is 0 Å². The van der Waals surface area contributed by atoms with Crippen LogP contribution in [-0.2, 0) is 6.61 Å². The molecule has 0 amide bonds. The van der Waals surface area contributed by atoms with E-state index < -0.39 is 0 Å². The molecule has 0 saturated heterocycles. The lowest BCUT2D eigenvalue weighted by Crippen LogP contribution is -1.95. The number of aliphatic hydroxyl groups is 1. The van der Waals surface area contributed by atoms with E-state index in [-0.39, 0.29) is 6.61 Å². The lowest BCUT2D eigenvalue weighted by Gasteiger charge is -2.05. The molecule has 1 rings (SSSR count). The van der Waals surface area contributed by atoms with E-state index in [9.17, 15) is 0 Å². The number of hydrogen-bond acceptors (Lipinski definition) is 4. The van der Waals surface area contributed by atoms with Crippen molar-refractivity contribution in [3.05, 3.63) is 17.0 Å². The van der Waals surface area contributed by atoms with Crippen LogP contribution in [0.5, 0.6) is 0 Å². The Kier molecular flexibility index (Phi) is 4.48. The largest absolute Gasteiger partial charge is 0.391 e. The second-order valence-corrected chi connectivity index (χ2v) is 3.90. The molecular weight excluding hydrogens is 208 g/mol. The first kappa shape index (κ1) is 10.8. The van der Waals surface area contributed by atoms with Crippen LogP contribution in [0, 0.1) is 0 Å². The molecule has 0 unspecified atom stereocenters. The van der Waals surface area contributed by atoms with E-state index >= 15 is 0 Å². The lowest BCUT2D eigenvalue weighted by atomic mass is 10.4. The number of nitrogens with zero attached hydrogens (tertiary/aromatic N) is 2. The zero-order valence-electron chi connectivity index (χ0n) is 7.33. The SMILES string of the molecule is CCCSc1ncnc(Cl)c1CO. The molecule has 1 N–H and O–H groups in total. The fourth-order valence-corrected chi connectivity index (χ4v) is 1.94. The standard InChI is InChI=1S/C8H11ClN2OS/c1-2-3-13-8-6(4-12)7(9)10-5-11-8/h5,12H,2-4H2,1H3. The zero-order chi connectivity index (χ0) is 9.68. The molecule has 72 valence electrons. The number of rotatable bonds is 4. The molecule has 0 radical (unpaired) electrons.